The summed E-state index contributed by atoms with van der Waals surface area (Å²) in [5.41, 5.74) is 2.27. The third-order valence-corrected chi connectivity index (χ3v) is 3.13. The fourth-order valence-corrected chi connectivity index (χ4v) is 2.60. The maximum absolute atomic E-state index is 4.06. The molecule has 0 aliphatic heterocycles. The Bertz CT molecular complexity index is 265. The molecule has 86 valence electrons. The Labute approximate surface area is 97.1 Å². The second-order valence-electron chi connectivity index (χ2n) is 5.33. The zero-order valence-corrected chi connectivity index (χ0v) is 11.0. The molecule has 2 nitrogen and oxygen atoms in total. The van der Waals surface area contributed by atoms with Crippen molar-refractivity contribution in [1.29, 1.82) is 0 Å². The highest BCUT2D eigenvalue weighted by Gasteiger charge is 2.18. The molecule has 1 N–H and O–H groups in total. The summed E-state index contributed by atoms with van der Waals surface area (Å²) in [7, 11) is 0. The molecule has 0 radical (unpaired) electrons. The molecule has 0 aliphatic rings. The van der Waals surface area contributed by atoms with Gasteiger partial charge in [0.2, 0.25) is 0 Å². The first-order chi connectivity index (χ1) is 6.99. The minimum Gasteiger partial charge on any atom is -0.311 e. The Kier molecular flexibility index (Phi) is 4.74. The normalized spacial score (nSPS) is 12.3. The van der Waals surface area contributed by atoms with Crippen LogP contribution in [0.15, 0.2) is 11.7 Å². The van der Waals surface area contributed by atoms with E-state index in [1.54, 1.807) is 11.3 Å². The molecule has 0 spiro atoms. The topological polar surface area (TPSA) is 24.9 Å². The van der Waals surface area contributed by atoms with Crippen LogP contribution in [-0.4, -0.2) is 11.5 Å². The lowest BCUT2D eigenvalue weighted by Crippen LogP contribution is -2.30. The second-order valence-corrected chi connectivity index (χ2v) is 6.30. The number of hydrogen-bond donors (Lipinski definition) is 1. The van der Waals surface area contributed by atoms with Crippen molar-refractivity contribution in [3.63, 3.8) is 0 Å². The maximum Gasteiger partial charge on any atom is 0.0794 e. The highest BCUT2D eigenvalue weighted by Crippen LogP contribution is 2.24. The van der Waals surface area contributed by atoms with E-state index in [-0.39, 0.29) is 0 Å². The van der Waals surface area contributed by atoms with Crippen molar-refractivity contribution in [1.82, 2.24) is 10.3 Å². The average Bonchev–Trinajstić information content (AvgIpc) is 2.53. The van der Waals surface area contributed by atoms with Gasteiger partial charge in [0.15, 0.2) is 0 Å². The van der Waals surface area contributed by atoms with Gasteiger partial charge in [0, 0.05) is 24.2 Å². The van der Waals surface area contributed by atoms with Crippen molar-refractivity contribution in [2.75, 3.05) is 6.54 Å². The summed E-state index contributed by atoms with van der Waals surface area (Å²) in [6, 6.07) is 0. The highest BCUT2D eigenvalue weighted by molar-refractivity contribution is 7.09. The lowest BCUT2D eigenvalue weighted by molar-refractivity contribution is 0.273. The van der Waals surface area contributed by atoms with Gasteiger partial charge in [0.25, 0.3) is 0 Å². The molecule has 1 aromatic rings. The van der Waals surface area contributed by atoms with Crippen LogP contribution < -0.4 is 5.32 Å². The monoisotopic (exact) mass is 226 g/mol. The predicted octanol–water partition coefficient (Wildman–Crippen LogP) is 3.31. The van der Waals surface area contributed by atoms with Crippen LogP contribution in [0.1, 0.15) is 39.0 Å². The van der Waals surface area contributed by atoms with Crippen molar-refractivity contribution in [3.05, 3.63) is 16.6 Å². The molecule has 1 rings (SSSR count). The second kappa shape index (κ2) is 5.61. The molecule has 0 amide bonds. The SMILES string of the molecule is CC(C)CC(C)(C)CNCc1cncs1. The first kappa shape index (κ1) is 12.7. The van der Waals surface area contributed by atoms with Gasteiger partial charge in [-0.25, -0.2) is 0 Å². The first-order valence-corrected chi connectivity index (χ1v) is 6.46. The van der Waals surface area contributed by atoms with E-state index in [0.29, 0.717) is 5.41 Å². The smallest absolute Gasteiger partial charge is 0.0794 e. The van der Waals surface area contributed by atoms with Gasteiger partial charge in [-0.1, -0.05) is 27.7 Å². The summed E-state index contributed by atoms with van der Waals surface area (Å²) in [5.74, 6) is 0.769. The fourth-order valence-electron chi connectivity index (χ4n) is 2.03. The molecule has 15 heavy (non-hydrogen) atoms. The van der Waals surface area contributed by atoms with Crippen molar-refractivity contribution in [2.45, 2.75) is 40.7 Å². The fraction of sp³-hybridized carbons (Fsp3) is 0.750. The molecule has 0 atom stereocenters. The Balaban J connectivity index is 2.24. The van der Waals surface area contributed by atoms with Crippen LogP contribution in [0.2, 0.25) is 0 Å². The van der Waals surface area contributed by atoms with E-state index in [0.717, 1.165) is 19.0 Å². The Hall–Kier alpha value is -0.410. The Morgan fingerprint density at radius 3 is 2.73 bits per heavy atom. The number of aromatic nitrogens is 1. The highest BCUT2D eigenvalue weighted by atomic mass is 32.1. The molecule has 1 heterocycles. The van der Waals surface area contributed by atoms with E-state index in [2.05, 4.69) is 38.0 Å². The molecule has 0 saturated heterocycles. The molecule has 0 aliphatic carbocycles. The van der Waals surface area contributed by atoms with Gasteiger partial charge < -0.3 is 5.32 Å². The maximum atomic E-state index is 4.06. The van der Waals surface area contributed by atoms with Gasteiger partial charge in [-0.05, 0) is 17.8 Å². The molecule has 0 fully saturated rings. The van der Waals surface area contributed by atoms with Crippen LogP contribution in [0.4, 0.5) is 0 Å². The van der Waals surface area contributed by atoms with Gasteiger partial charge in [-0.15, -0.1) is 11.3 Å². The van der Waals surface area contributed by atoms with Crippen molar-refractivity contribution in [2.24, 2.45) is 11.3 Å². The summed E-state index contributed by atoms with van der Waals surface area (Å²) < 4.78 is 0. The molecule has 0 unspecified atom stereocenters. The molecule has 0 saturated carbocycles. The Morgan fingerprint density at radius 2 is 2.20 bits per heavy atom. The largest absolute Gasteiger partial charge is 0.311 e. The van der Waals surface area contributed by atoms with Crippen LogP contribution >= 0.6 is 11.3 Å². The summed E-state index contributed by atoms with van der Waals surface area (Å²) in [6.45, 7) is 11.2. The van der Waals surface area contributed by atoms with E-state index in [1.807, 2.05) is 11.7 Å². The first-order valence-electron chi connectivity index (χ1n) is 5.58. The van der Waals surface area contributed by atoms with Gasteiger partial charge in [-0.2, -0.15) is 0 Å². The molecular formula is C12H22N2S. The molecule has 0 aromatic carbocycles. The summed E-state index contributed by atoms with van der Waals surface area (Å²) in [5, 5.41) is 3.50. The zero-order valence-electron chi connectivity index (χ0n) is 10.2. The lowest BCUT2D eigenvalue weighted by atomic mass is 9.84. The molecular weight excluding hydrogens is 204 g/mol. The van der Waals surface area contributed by atoms with Crippen LogP contribution in [0.5, 0.6) is 0 Å². The van der Waals surface area contributed by atoms with Crippen molar-refractivity contribution < 1.29 is 0 Å². The van der Waals surface area contributed by atoms with E-state index < -0.39 is 0 Å². The van der Waals surface area contributed by atoms with Crippen LogP contribution in [0.25, 0.3) is 0 Å². The minimum atomic E-state index is 0.388. The molecule has 1 aromatic heterocycles. The van der Waals surface area contributed by atoms with E-state index in [4.69, 9.17) is 0 Å². The van der Waals surface area contributed by atoms with E-state index >= 15 is 0 Å². The van der Waals surface area contributed by atoms with Crippen LogP contribution in [0, 0.1) is 11.3 Å². The van der Waals surface area contributed by atoms with Gasteiger partial charge in [0.05, 0.1) is 5.51 Å². The predicted molar refractivity (Wildman–Crippen MR) is 67.1 cm³/mol. The lowest BCUT2D eigenvalue weighted by Gasteiger charge is -2.26. The third-order valence-electron chi connectivity index (χ3n) is 2.35. The minimum absolute atomic E-state index is 0.388. The van der Waals surface area contributed by atoms with Crippen LogP contribution in [-0.2, 0) is 6.54 Å². The number of hydrogen-bond acceptors (Lipinski definition) is 3. The summed E-state index contributed by atoms with van der Waals surface area (Å²) >= 11 is 1.71. The van der Waals surface area contributed by atoms with E-state index in [9.17, 15) is 0 Å². The van der Waals surface area contributed by atoms with Crippen LogP contribution in [0.3, 0.4) is 0 Å². The van der Waals surface area contributed by atoms with Crippen molar-refractivity contribution in [3.8, 4) is 0 Å². The quantitative estimate of drug-likeness (QED) is 0.805. The van der Waals surface area contributed by atoms with E-state index in [1.165, 1.54) is 11.3 Å². The van der Waals surface area contributed by atoms with Crippen molar-refractivity contribution >= 4 is 11.3 Å². The molecule has 0 bridgehead atoms. The number of thiazole rings is 1. The Morgan fingerprint density at radius 1 is 1.47 bits per heavy atom. The summed E-state index contributed by atoms with van der Waals surface area (Å²) in [4.78, 5) is 5.38. The number of rotatable bonds is 6. The molecule has 3 heteroatoms. The van der Waals surface area contributed by atoms with Gasteiger partial charge in [-0.3, -0.25) is 4.98 Å². The standard InChI is InChI=1S/C12H22N2S/c1-10(2)5-12(3,4)8-13-6-11-7-14-9-15-11/h7,9-10,13H,5-6,8H2,1-4H3. The van der Waals surface area contributed by atoms with Gasteiger partial charge in [0.1, 0.15) is 0 Å². The average molecular weight is 226 g/mol. The third kappa shape index (κ3) is 5.28. The number of nitrogens with zero attached hydrogens (tertiary/aromatic N) is 1. The van der Waals surface area contributed by atoms with Gasteiger partial charge >= 0.3 is 0 Å². The zero-order chi connectivity index (χ0) is 11.3. The number of nitrogens with one attached hydrogen (secondary N) is 1. The summed E-state index contributed by atoms with van der Waals surface area (Å²) in [6.07, 6.45) is 3.20.